The molecule has 10 heteroatoms. The van der Waals surface area contributed by atoms with Gasteiger partial charge in [-0.05, 0) is 77.6 Å². The van der Waals surface area contributed by atoms with Crippen LogP contribution in [0.1, 0.15) is 83.5 Å². The molecule has 0 fully saturated rings. The van der Waals surface area contributed by atoms with Crippen molar-refractivity contribution in [1.82, 2.24) is 10.2 Å². The Hall–Kier alpha value is -4.03. The summed E-state index contributed by atoms with van der Waals surface area (Å²) in [5.41, 5.74) is 5.56. The zero-order valence-corrected chi connectivity index (χ0v) is 26.1. The lowest BCUT2D eigenvalue weighted by Crippen LogP contribution is -2.59. The van der Waals surface area contributed by atoms with Gasteiger partial charge in [-0.3, -0.25) is 14.4 Å². The fraction of sp³-hybridized carbons (Fsp3) is 0.438. The van der Waals surface area contributed by atoms with Gasteiger partial charge in [0.15, 0.2) is 0 Å². The number of terminal acetylenes is 1. The Balaban J connectivity index is 2.75. The lowest BCUT2D eigenvalue weighted by molar-refractivity contribution is -0.148. The fourth-order valence-corrected chi connectivity index (χ4v) is 4.62. The molecule has 4 N–H and O–H groups in total. The number of halogens is 1. The average Bonchev–Trinajstić information content (AvgIpc) is 2.90. The highest BCUT2D eigenvalue weighted by atomic mass is 35.5. The average molecular weight is 597 g/mol. The van der Waals surface area contributed by atoms with Crippen molar-refractivity contribution in [3.8, 4) is 12.3 Å². The molecule has 0 aromatic heterocycles. The highest BCUT2D eigenvalue weighted by molar-refractivity contribution is 6.34. The largest absolute Gasteiger partial charge is 0.444 e. The van der Waals surface area contributed by atoms with Gasteiger partial charge >= 0.3 is 6.09 Å². The maximum atomic E-state index is 14.5. The van der Waals surface area contributed by atoms with Gasteiger partial charge in [0.2, 0.25) is 11.8 Å². The van der Waals surface area contributed by atoms with E-state index in [9.17, 15) is 19.2 Å². The molecule has 2 aromatic carbocycles. The molecule has 0 aliphatic heterocycles. The first-order chi connectivity index (χ1) is 19.5. The van der Waals surface area contributed by atoms with Gasteiger partial charge in [-0.1, -0.05) is 54.8 Å². The molecule has 2 rings (SSSR count). The van der Waals surface area contributed by atoms with Crippen LogP contribution in [0.5, 0.6) is 0 Å². The van der Waals surface area contributed by atoms with Crippen LogP contribution < -0.4 is 16.4 Å². The number of carbonyl (C=O) groups is 4. The van der Waals surface area contributed by atoms with Crippen molar-refractivity contribution in [2.24, 2.45) is 5.73 Å². The second kappa shape index (κ2) is 14.2. The number of nitrogens with one attached hydrogen (secondary N) is 2. The number of hydrogen-bond acceptors (Lipinski definition) is 5. The smallest absolute Gasteiger partial charge is 0.408 e. The van der Waals surface area contributed by atoms with Gasteiger partial charge in [-0.2, -0.15) is 0 Å². The van der Waals surface area contributed by atoms with Gasteiger partial charge < -0.3 is 26.0 Å². The SMILES string of the molecule is C#Cc1ccccc1C(C(=O)Nc1c(C)cccc1Cl)N(C(=O)C(CCC(N)=O)NC(=O)OC(C)(C)C)C(C)(C)CC. The Morgan fingerprint density at radius 2 is 1.71 bits per heavy atom. The zero-order chi connectivity index (χ0) is 31.8. The summed E-state index contributed by atoms with van der Waals surface area (Å²) in [5.74, 6) is 0.787. The van der Waals surface area contributed by atoms with E-state index in [1.807, 2.05) is 20.8 Å². The minimum Gasteiger partial charge on any atom is -0.444 e. The van der Waals surface area contributed by atoms with Crippen molar-refractivity contribution in [1.29, 1.82) is 0 Å². The molecule has 0 bridgehead atoms. The standard InChI is InChI=1S/C32H41ClN4O5/c1-9-21-15-11-12-16-22(21)27(28(39)36-26-20(3)14-13-17-23(26)33)37(32(7,8)10-2)29(40)24(18-19-25(34)38)35-30(41)42-31(4,5)6/h1,11-17,24,27H,10,18-19H2,2-8H3,(H2,34,38)(H,35,41)(H,36,39). The number of para-hydroxylation sites is 1. The maximum Gasteiger partial charge on any atom is 0.408 e. The lowest BCUT2D eigenvalue weighted by Gasteiger charge is -2.45. The number of benzene rings is 2. The van der Waals surface area contributed by atoms with Gasteiger partial charge in [0.1, 0.15) is 17.7 Å². The molecule has 9 nitrogen and oxygen atoms in total. The summed E-state index contributed by atoms with van der Waals surface area (Å²) < 4.78 is 5.39. The predicted molar refractivity (Wildman–Crippen MR) is 165 cm³/mol. The van der Waals surface area contributed by atoms with E-state index in [4.69, 9.17) is 28.5 Å². The molecule has 0 aliphatic carbocycles. The van der Waals surface area contributed by atoms with Crippen molar-refractivity contribution in [3.05, 3.63) is 64.2 Å². The van der Waals surface area contributed by atoms with Crippen LogP contribution in [0.4, 0.5) is 10.5 Å². The van der Waals surface area contributed by atoms with Gasteiger partial charge in [-0.15, -0.1) is 6.42 Å². The highest BCUT2D eigenvalue weighted by Gasteiger charge is 2.44. The molecule has 0 saturated carbocycles. The number of primary amides is 1. The fourth-order valence-electron chi connectivity index (χ4n) is 4.35. The van der Waals surface area contributed by atoms with Crippen LogP contribution in [0.25, 0.3) is 0 Å². The Labute approximate surface area is 253 Å². The number of carbonyl (C=O) groups excluding carboxylic acids is 4. The van der Waals surface area contributed by atoms with Crippen LogP contribution in [-0.2, 0) is 19.1 Å². The molecule has 0 spiro atoms. The number of rotatable bonds is 11. The first-order valence-corrected chi connectivity index (χ1v) is 14.1. The number of alkyl carbamates (subject to hydrolysis) is 1. The normalized spacial score (nSPS) is 12.8. The van der Waals surface area contributed by atoms with E-state index in [1.165, 1.54) is 4.90 Å². The topological polar surface area (TPSA) is 131 Å². The zero-order valence-electron chi connectivity index (χ0n) is 25.3. The third-order valence-electron chi connectivity index (χ3n) is 6.81. The number of anilines is 1. The summed E-state index contributed by atoms with van der Waals surface area (Å²) in [5, 5.41) is 5.82. The summed E-state index contributed by atoms with van der Waals surface area (Å²) in [6, 6.07) is 9.56. The number of nitrogens with zero attached hydrogens (tertiary/aromatic N) is 1. The quantitative estimate of drug-likeness (QED) is 0.295. The second-order valence-electron chi connectivity index (χ2n) is 11.6. The summed E-state index contributed by atoms with van der Waals surface area (Å²) in [6.07, 6.45) is 5.12. The minimum atomic E-state index is -1.24. The molecule has 2 atom stereocenters. The Bertz CT molecular complexity index is 1340. The van der Waals surface area contributed by atoms with E-state index in [2.05, 4.69) is 16.6 Å². The van der Waals surface area contributed by atoms with Gasteiger partial charge in [0, 0.05) is 17.5 Å². The summed E-state index contributed by atoms with van der Waals surface area (Å²) in [4.78, 5) is 54.7. The monoisotopic (exact) mass is 596 g/mol. The van der Waals surface area contributed by atoms with E-state index in [-0.39, 0.29) is 12.8 Å². The Morgan fingerprint density at radius 3 is 2.26 bits per heavy atom. The molecule has 0 heterocycles. The van der Waals surface area contributed by atoms with Crippen LogP contribution in [0.2, 0.25) is 5.02 Å². The minimum absolute atomic E-state index is 0.113. The van der Waals surface area contributed by atoms with Gasteiger partial charge in [0.05, 0.1) is 10.7 Å². The molecule has 42 heavy (non-hydrogen) atoms. The third kappa shape index (κ3) is 8.98. The van der Waals surface area contributed by atoms with Gasteiger partial charge in [-0.25, -0.2) is 4.79 Å². The molecule has 4 amide bonds. The van der Waals surface area contributed by atoms with Crippen molar-refractivity contribution in [3.63, 3.8) is 0 Å². The van der Waals surface area contributed by atoms with E-state index in [0.717, 1.165) is 5.56 Å². The van der Waals surface area contributed by atoms with Crippen LogP contribution in [-0.4, -0.2) is 45.9 Å². The molecular formula is C32H41ClN4O5. The molecule has 2 unspecified atom stereocenters. The summed E-state index contributed by atoms with van der Waals surface area (Å²) in [7, 11) is 0. The number of hydrogen-bond donors (Lipinski definition) is 3. The van der Waals surface area contributed by atoms with Crippen LogP contribution in [0, 0.1) is 19.3 Å². The van der Waals surface area contributed by atoms with E-state index < -0.39 is 47.0 Å². The van der Waals surface area contributed by atoms with Crippen LogP contribution >= 0.6 is 11.6 Å². The first-order valence-electron chi connectivity index (χ1n) is 13.7. The van der Waals surface area contributed by atoms with Crippen molar-refractivity contribution in [2.75, 3.05) is 5.32 Å². The molecule has 2 aromatic rings. The first kappa shape index (κ1) is 34.2. The Morgan fingerprint density at radius 1 is 1.07 bits per heavy atom. The van der Waals surface area contributed by atoms with Crippen LogP contribution in [0.15, 0.2) is 42.5 Å². The predicted octanol–water partition coefficient (Wildman–Crippen LogP) is 5.49. The van der Waals surface area contributed by atoms with Crippen LogP contribution in [0.3, 0.4) is 0 Å². The Kier molecular flexibility index (Phi) is 11.6. The van der Waals surface area contributed by atoms with Crippen molar-refractivity contribution in [2.45, 2.75) is 91.0 Å². The second-order valence-corrected chi connectivity index (χ2v) is 12.0. The summed E-state index contributed by atoms with van der Waals surface area (Å²) in [6.45, 7) is 12.4. The number of ether oxygens (including phenoxy) is 1. The number of aryl methyl sites for hydroxylation is 1. The summed E-state index contributed by atoms with van der Waals surface area (Å²) >= 11 is 6.44. The molecule has 0 saturated heterocycles. The molecular weight excluding hydrogens is 556 g/mol. The van der Waals surface area contributed by atoms with E-state index in [1.54, 1.807) is 70.2 Å². The number of nitrogens with two attached hydrogens (primary N) is 1. The van der Waals surface area contributed by atoms with Crippen molar-refractivity contribution >= 4 is 41.1 Å². The molecule has 0 radical (unpaired) electrons. The van der Waals surface area contributed by atoms with E-state index >= 15 is 0 Å². The molecule has 226 valence electrons. The van der Waals surface area contributed by atoms with E-state index in [0.29, 0.717) is 28.3 Å². The lowest BCUT2D eigenvalue weighted by atomic mass is 9.89. The third-order valence-corrected chi connectivity index (χ3v) is 7.13. The number of amides is 4. The maximum absolute atomic E-state index is 14.5. The highest BCUT2D eigenvalue weighted by Crippen LogP contribution is 2.36. The molecule has 0 aliphatic rings. The van der Waals surface area contributed by atoms with Gasteiger partial charge in [0.25, 0.3) is 5.91 Å². The van der Waals surface area contributed by atoms with Crippen molar-refractivity contribution < 1.29 is 23.9 Å².